The summed E-state index contributed by atoms with van der Waals surface area (Å²) in [5, 5.41) is 8.56. The molecule has 0 aliphatic heterocycles. The SMILES string of the molecule is Cc1nn(-c2cccc(Br)c2)c(C)c1[C@H]1C=C[C@@H](NCc2ccc(C(C)C)cc2)C1. The molecule has 3 nitrogen and oxygen atoms in total. The molecule has 0 spiro atoms. The van der Waals surface area contributed by atoms with Gasteiger partial charge in [-0.1, -0.05) is 72.3 Å². The smallest absolute Gasteiger partial charge is 0.0660 e. The summed E-state index contributed by atoms with van der Waals surface area (Å²) in [6.45, 7) is 9.68. The summed E-state index contributed by atoms with van der Waals surface area (Å²) in [6, 6.07) is 17.7. The highest BCUT2D eigenvalue weighted by atomic mass is 79.9. The molecule has 1 aliphatic rings. The number of hydrogen-bond acceptors (Lipinski definition) is 2. The number of aromatic nitrogens is 2. The van der Waals surface area contributed by atoms with Crippen molar-refractivity contribution in [2.75, 3.05) is 0 Å². The van der Waals surface area contributed by atoms with Gasteiger partial charge in [-0.15, -0.1) is 0 Å². The number of allylic oxidation sites excluding steroid dienone is 1. The Balaban J connectivity index is 1.43. The third-order valence-electron chi connectivity index (χ3n) is 6.07. The Labute approximate surface area is 188 Å². The van der Waals surface area contributed by atoms with E-state index >= 15 is 0 Å². The molecule has 2 atom stereocenters. The summed E-state index contributed by atoms with van der Waals surface area (Å²) in [7, 11) is 0. The molecule has 4 heteroatoms. The second-order valence-corrected chi connectivity index (χ2v) is 9.50. The summed E-state index contributed by atoms with van der Waals surface area (Å²) < 4.78 is 3.14. The lowest BCUT2D eigenvalue weighted by Crippen LogP contribution is -2.25. The second-order valence-electron chi connectivity index (χ2n) is 8.59. The summed E-state index contributed by atoms with van der Waals surface area (Å²) in [4.78, 5) is 0. The molecule has 0 bridgehead atoms. The van der Waals surface area contributed by atoms with Gasteiger partial charge in [0.2, 0.25) is 0 Å². The highest BCUT2D eigenvalue weighted by molar-refractivity contribution is 9.10. The predicted octanol–water partition coefficient (Wildman–Crippen LogP) is 6.58. The molecular weight excluding hydrogens is 434 g/mol. The fraction of sp³-hybridized carbons (Fsp3) is 0.346. The largest absolute Gasteiger partial charge is 0.306 e. The predicted molar refractivity (Wildman–Crippen MR) is 128 cm³/mol. The molecule has 1 heterocycles. The molecular formula is C26H30BrN3. The number of rotatable bonds is 6. The first-order chi connectivity index (χ1) is 14.4. The van der Waals surface area contributed by atoms with Crippen LogP contribution in [-0.2, 0) is 6.54 Å². The van der Waals surface area contributed by atoms with E-state index in [1.54, 1.807) is 0 Å². The third kappa shape index (κ3) is 4.45. The van der Waals surface area contributed by atoms with Gasteiger partial charge in [0.1, 0.15) is 0 Å². The monoisotopic (exact) mass is 463 g/mol. The van der Waals surface area contributed by atoms with E-state index in [0.29, 0.717) is 17.9 Å². The van der Waals surface area contributed by atoms with Gasteiger partial charge in [-0.2, -0.15) is 5.10 Å². The molecule has 30 heavy (non-hydrogen) atoms. The maximum absolute atomic E-state index is 4.85. The Morgan fingerprint density at radius 2 is 1.87 bits per heavy atom. The minimum atomic E-state index is 0.396. The van der Waals surface area contributed by atoms with Gasteiger partial charge < -0.3 is 5.32 Å². The van der Waals surface area contributed by atoms with E-state index in [1.165, 1.54) is 22.4 Å². The summed E-state index contributed by atoms with van der Waals surface area (Å²) in [5.74, 6) is 0.988. The Morgan fingerprint density at radius 3 is 2.57 bits per heavy atom. The van der Waals surface area contributed by atoms with Gasteiger partial charge >= 0.3 is 0 Å². The first-order valence-electron chi connectivity index (χ1n) is 10.7. The van der Waals surface area contributed by atoms with Crippen molar-refractivity contribution in [2.24, 2.45) is 0 Å². The molecule has 1 aromatic heterocycles. The van der Waals surface area contributed by atoms with Crippen molar-refractivity contribution in [1.29, 1.82) is 0 Å². The highest BCUT2D eigenvalue weighted by Crippen LogP contribution is 2.34. The number of nitrogens with zero attached hydrogens (tertiary/aromatic N) is 2. The Bertz CT molecular complexity index is 1050. The van der Waals surface area contributed by atoms with Crippen molar-refractivity contribution < 1.29 is 0 Å². The highest BCUT2D eigenvalue weighted by Gasteiger charge is 2.26. The minimum Gasteiger partial charge on any atom is -0.306 e. The first-order valence-corrected chi connectivity index (χ1v) is 11.5. The fourth-order valence-electron chi connectivity index (χ4n) is 4.38. The standard InChI is InChI=1S/C26H30BrN3/c1-17(2)21-10-8-20(9-11-21)16-28-24-13-12-22(14-24)26-18(3)29-30(19(26)4)25-7-5-6-23(27)15-25/h5-13,15,17,22,24,28H,14,16H2,1-4H3/t22-,24+/m0/s1. The molecule has 0 saturated heterocycles. The quantitative estimate of drug-likeness (QED) is 0.418. The molecule has 1 aliphatic carbocycles. The number of benzene rings is 2. The van der Waals surface area contributed by atoms with Crippen LogP contribution in [0.4, 0.5) is 0 Å². The molecule has 1 N–H and O–H groups in total. The normalized spacial score (nSPS) is 18.5. The maximum atomic E-state index is 4.85. The lowest BCUT2D eigenvalue weighted by atomic mass is 9.95. The fourth-order valence-corrected chi connectivity index (χ4v) is 4.77. The topological polar surface area (TPSA) is 29.9 Å². The minimum absolute atomic E-state index is 0.396. The molecule has 2 aromatic carbocycles. The third-order valence-corrected chi connectivity index (χ3v) is 6.56. The summed E-state index contributed by atoms with van der Waals surface area (Å²) in [5.41, 5.74) is 7.53. The lowest BCUT2D eigenvalue weighted by molar-refractivity contribution is 0.559. The molecule has 0 unspecified atom stereocenters. The molecule has 156 valence electrons. The average Bonchev–Trinajstić information content (AvgIpc) is 3.30. The van der Waals surface area contributed by atoms with Gasteiger partial charge in [-0.3, -0.25) is 0 Å². The van der Waals surface area contributed by atoms with Crippen LogP contribution < -0.4 is 5.32 Å². The van der Waals surface area contributed by atoms with Crippen LogP contribution >= 0.6 is 15.9 Å². The van der Waals surface area contributed by atoms with E-state index in [2.05, 4.69) is 108 Å². The van der Waals surface area contributed by atoms with Crippen molar-refractivity contribution >= 4 is 15.9 Å². The first kappa shape index (κ1) is 21.1. The lowest BCUT2D eigenvalue weighted by Gasteiger charge is -2.15. The molecule has 4 rings (SSSR count). The van der Waals surface area contributed by atoms with E-state index in [4.69, 9.17) is 5.10 Å². The van der Waals surface area contributed by atoms with Gasteiger partial charge in [-0.25, -0.2) is 4.68 Å². The van der Waals surface area contributed by atoms with Crippen molar-refractivity contribution in [2.45, 2.75) is 58.5 Å². The maximum Gasteiger partial charge on any atom is 0.0660 e. The van der Waals surface area contributed by atoms with Crippen LogP contribution in [0.5, 0.6) is 0 Å². The van der Waals surface area contributed by atoms with Crippen LogP contribution in [0.25, 0.3) is 5.69 Å². The van der Waals surface area contributed by atoms with Crippen LogP contribution in [0.15, 0.2) is 65.2 Å². The van der Waals surface area contributed by atoms with Crippen LogP contribution in [0.2, 0.25) is 0 Å². The average molecular weight is 464 g/mol. The zero-order chi connectivity index (χ0) is 21.3. The van der Waals surface area contributed by atoms with Crippen LogP contribution in [0, 0.1) is 13.8 Å². The zero-order valence-electron chi connectivity index (χ0n) is 18.2. The Kier molecular flexibility index (Phi) is 6.26. The number of halogens is 1. The van der Waals surface area contributed by atoms with E-state index in [0.717, 1.165) is 28.8 Å². The van der Waals surface area contributed by atoms with Crippen molar-refractivity contribution in [3.8, 4) is 5.69 Å². The van der Waals surface area contributed by atoms with Crippen molar-refractivity contribution in [1.82, 2.24) is 15.1 Å². The Morgan fingerprint density at radius 1 is 1.10 bits per heavy atom. The van der Waals surface area contributed by atoms with E-state index < -0.39 is 0 Å². The Hall–Kier alpha value is -2.17. The molecule has 0 saturated carbocycles. The van der Waals surface area contributed by atoms with Gasteiger partial charge in [0, 0.05) is 34.2 Å². The zero-order valence-corrected chi connectivity index (χ0v) is 19.8. The number of hydrogen-bond donors (Lipinski definition) is 1. The van der Waals surface area contributed by atoms with Crippen LogP contribution in [0.3, 0.4) is 0 Å². The van der Waals surface area contributed by atoms with E-state index in [1.807, 2.05) is 6.07 Å². The van der Waals surface area contributed by atoms with Gasteiger partial charge in [-0.05, 0) is 55.5 Å². The van der Waals surface area contributed by atoms with E-state index in [9.17, 15) is 0 Å². The van der Waals surface area contributed by atoms with Crippen LogP contribution in [0.1, 0.15) is 60.2 Å². The molecule has 3 aromatic rings. The molecule has 0 fully saturated rings. The summed E-state index contributed by atoms with van der Waals surface area (Å²) in [6.07, 6.45) is 5.75. The molecule has 0 radical (unpaired) electrons. The van der Waals surface area contributed by atoms with Gasteiger partial charge in [0.15, 0.2) is 0 Å². The molecule has 0 amide bonds. The number of nitrogens with one attached hydrogen (secondary N) is 1. The second kappa shape index (κ2) is 8.91. The van der Waals surface area contributed by atoms with Gasteiger partial charge in [0.05, 0.1) is 11.4 Å². The summed E-state index contributed by atoms with van der Waals surface area (Å²) >= 11 is 3.57. The van der Waals surface area contributed by atoms with Crippen LogP contribution in [-0.4, -0.2) is 15.8 Å². The van der Waals surface area contributed by atoms with Gasteiger partial charge in [0.25, 0.3) is 0 Å². The van der Waals surface area contributed by atoms with E-state index in [-0.39, 0.29) is 0 Å². The van der Waals surface area contributed by atoms with Crippen molar-refractivity contribution in [3.05, 3.63) is 93.2 Å². The van der Waals surface area contributed by atoms with Crippen molar-refractivity contribution in [3.63, 3.8) is 0 Å². The number of aryl methyl sites for hydroxylation is 1.